The van der Waals surface area contributed by atoms with E-state index in [0.717, 1.165) is 5.82 Å². The van der Waals surface area contributed by atoms with E-state index in [1.54, 1.807) is 22.9 Å². The monoisotopic (exact) mass is 391 g/mol. The summed E-state index contributed by atoms with van der Waals surface area (Å²) in [6, 6.07) is 8.82. The molecule has 26 heavy (non-hydrogen) atoms. The number of methoxy groups -OCH3 is 1. The van der Waals surface area contributed by atoms with Gasteiger partial charge in [0.25, 0.3) is 0 Å². The van der Waals surface area contributed by atoms with Gasteiger partial charge in [0.2, 0.25) is 10.7 Å². The Labute approximate surface area is 160 Å². The van der Waals surface area contributed by atoms with Gasteiger partial charge in [-0.1, -0.05) is 18.5 Å². The molecule has 136 valence electrons. The normalized spacial score (nSPS) is 10.7. The molecule has 0 aliphatic rings. The average molecular weight is 392 g/mol. The maximum Gasteiger partial charge on any atom is 0.246 e. The van der Waals surface area contributed by atoms with Crippen molar-refractivity contribution in [1.82, 2.24) is 19.1 Å². The zero-order valence-electron chi connectivity index (χ0n) is 14.3. The zero-order chi connectivity index (χ0) is 18.7. The van der Waals surface area contributed by atoms with Gasteiger partial charge in [-0.2, -0.15) is 5.10 Å². The van der Waals surface area contributed by atoms with Gasteiger partial charge in [-0.05, 0) is 42.5 Å². The van der Waals surface area contributed by atoms with Gasteiger partial charge < -0.3 is 10.1 Å². The van der Waals surface area contributed by atoms with E-state index < -0.39 is 0 Å². The lowest BCUT2D eigenvalue weighted by molar-refractivity contribution is -0.116. The van der Waals surface area contributed by atoms with Crippen molar-refractivity contribution in [3.8, 4) is 5.75 Å². The largest absolute Gasteiger partial charge is 0.495 e. The van der Waals surface area contributed by atoms with E-state index in [9.17, 15) is 4.79 Å². The van der Waals surface area contributed by atoms with Crippen molar-refractivity contribution in [3.05, 3.63) is 58.3 Å². The maximum atomic E-state index is 12.5. The Kier molecular flexibility index (Phi) is 5.43. The molecule has 2 heterocycles. The molecule has 0 aliphatic heterocycles. The number of anilines is 1. The standard InChI is InChI=1S/C17H18ClN5O2S/c1-3-15-20-22(17(26)23(15)21-8-4-5-9-21)11-16(24)19-13-10-12(18)6-7-14(13)25-2/h4-10H,3,11H2,1-2H3,(H,19,24). The molecule has 3 rings (SSSR count). The van der Waals surface area contributed by atoms with Crippen LogP contribution in [0, 0.1) is 4.77 Å². The predicted molar refractivity (Wildman–Crippen MR) is 102 cm³/mol. The van der Waals surface area contributed by atoms with Crippen molar-refractivity contribution in [3.63, 3.8) is 0 Å². The number of ether oxygens (including phenoxy) is 1. The highest BCUT2D eigenvalue weighted by molar-refractivity contribution is 7.71. The smallest absolute Gasteiger partial charge is 0.246 e. The molecule has 0 saturated carbocycles. The van der Waals surface area contributed by atoms with E-state index in [-0.39, 0.29) is 12.5 Å². The molecule has 0 radical (unpaired) electrons. The number of aryl methyl sites for hydroxylation is 1. The van der Waals surface area contributed by atoms with Gasteiger partial charge in [-0.25, -0.2) is 9.36 Å². The van der Waals surface area contributed by atoms with Gasteiger partial charge in [-0.15, -0.1) is 0 Å². The van der Waals surface area contributed by atoms with Gasteiger partial charge in [0.1, 0.15) is 12.3 Å². The molecule has 0 atom stereocenters. The maximum absolute atomic E-state index is 12.5. The summed E-state index contributed by atoms with van der Waals surface area (Å²) in [7, 11) is 1.53. The van der Waals surface area contributed by atoms with Crippen LogP contribution in [0.25, 0.3) is 0 Å². The molecule has 0 saturated heterocycles. The molecule has 0 unspecified atom stereocenters. The van der Waals surface area contributed by atoms with Crippen molar-refractivity contribution in [2.24, 2.45) is 0 Å². The third kappa shape index (κ3) is 3.66. The quantitative estimate of drug-likeness (QED) is 0.654. The number of halogens is 1. The molecule has 0 fully saturated rings. The van der Waals surface area contributed by atoms with E-state index in [4.69, 9.17) is 28.6 Å². The summed E-state index contributed by atoms with van der Waals surface area (Å²) in [5, 5.41) is 7.75. The van der Waals surface area contributed by atoms with Crippen molar-refractivity contribution < 1.29 is 9.53 Å². The number of benzene rings is 1. The number of aromatic nitrogens is 4. The molecule has 7 nitrogen and oxygen atoms in total. The minimum absolute atomic E-state index is 0.0181. The van der Waals surface area contributed by atoms with Crippen molar-refractivity contribution in [2.45, 2.75) is 19.9 Å². The summed E-state index contributed by atoms with van der Waals surface area (Å²) in [5.41, 5.74) is 0.497. The average Bonchev–Trinajstić information content (AvgIpc) is 3.23. The molecule has 1 aromatic carbocycles. The Morgan fingerprint density at radius 1 is 1.35 bits per heavy atom. The SMILES string of the molecule is CCc1nn(CC(=O)Nc2cc(Cl)ccc2OC)c(=S)n1-n1cccc1. The highest BCUT2D eigenvalue weighted by Crippen LogP contribution is 2.27. The molecule has 1 amide bonds. The van der Waals surface area contributed by atoms with Gasteiger partial charge in [0.15, 0.2) is 5.82 Å². The summed E-state index contributed by atoms with van der Waals surface area (Å²) >= 11 is 11.5. The fourth-order valence-electron chi connectivity index (χ4n) is 2.56. The number of hydrogen-bond donors (Lipinski definition) is 1. The summed E-state index contributed by atoms with van der Waals surface area (Å²) in [5.74, 6) is 1.01. The third-order valence-corrected chi connectivity index (χ3v) is 4.37. The van der Waals surface area contributed by atoms with Crippen molar-refractivity contribution in [1.29, 1.82) is 0 Å². The highest BCUT2D eigenvalue weighted by Gasteiger charge is 2.14. The van der Waals surface area contributed by atoms with Crippen LogP contribution in [0.1, 0.15) is 12.7 Å². The molecule has 3 aromatic rings. The van der Waals surface area contributed by atoms with E-state index in [1.807, 2.05) is 36.1 Å². The van der Waals surface area contributed by atoms with Gasteiger partial charge in [0, 0.05) is 23.8 Å². The van der Waals surface area contributed by atoms with Crippen LogP contribution in [-0.2, 0) is 17.8 Å². The van der Waals surface area contributed by atoms with Crippen molar-refractivity contribution in [2.75, 3.05) is 12.4 Å². The first-order chi connectivity index (χ1) is 12.5. The number of hydrogen-bond acceptors (Lipinski definition) is 4. The van der Waals surface area contributed by atoms with Crippen LogP contribution >= 0.6 is 23.8 Å². The summed E-state index contributed by atoms with van der Waals surface area (Å²) in [6.07, 6.45) is 4.42. The second-order valence-electron chi connectivity index (χ2n) is 5.48. The van der Waals surface area contributed by atoms with E-state index >= 15 is 0 Å². The summed E-state index contributed by atoms with van der Waals surface area (Å²) in [4.78, 5) is 12.5. The number of carbonyl (C=O) groups is 1. The summed E-state index contributed by atoms with van der Waals surface area (Å²) in [6.45, 7) is 1.97. The molecule has 9 heteroatoms. The van der Waals surface area contributed by atoms with Gasteiger partial charge >= 0.3 is 0 Å². The van der Waals surface area contributed by atoms with Crippen LogP contribution in [0.3, 0.4) is 0 Å². The molecule has 0 aliphatic carbocycles. The molecule has 0 bridgehead atoms. The number of rotatable bonds is 6. The Bertz CT molecular complexity index is 978. The zero-order valence-corrected chi connectivity index (χ0v) is 15.9. The van der Waals surface area contributed by atoms with E-state index in [0.29, 0.717) is 27.7 Å². The second kappa shape index (κ2) is 7.76. The minimum Gasteiger partial charge on any atom is -0.495 e. The Morgan fingerprint density at radius 3 is 2.73 bits per heavy atom. The summed E-state index contributed by atoms with van der Waals surface area (Å²) < 4.78 is 10.8. The third-order valence-electron chi connectivity index (χ3n) is 3.75. The first-order valence-corrected chi connectivity index (χ1v) is 8.78. The number of nitrogens with zero attached hydrogens (tertiary/aromatic N) is 4. The predicted octanol–water partition coefficient (Wildman–Crippen LogP) is 3.39. The molecule has 1 N–H and O–H groups in total. The topological polar surface area (TPSA) is 66.0 Å². The highest BCUT2D eigenvalue weighted by atomic mass is 35.5. The lowest BCUT2D eigenvalue weighted by Gasteiger charge is -2.10. The lowest BCUT2D eigenvalue weighted by atomic mass is 10.3. The van der Waals surface area contributed by atoms with Gasteiger partial charge in [-0.3, -0.25) is 9.47 Å². The Balaban J connectivity index is 1.85. The molecular formula is C17H18ClN5O2S. The molecular weight excluding hydrogens is 374 g/mol. The van der Waals surface area contributed by atoms with Crippen LogP contribution in [0.15, 0.2) is 42.7 Å². The fraction of sp³-hybridized carbons (Fsp3) is 0.235. The van der Waals surface area contributed by atoms with Crippen LogP contribution in [0.4, 0.5) is 5.69 Å². The van der Waals surface area contributed by atoms with Crippen LogP contribution in [-0.4, -0.2) is 32.1 Å². The van der Waals surface area contributed by atoms with Crippen LogP contribution < -0.4 is 10.1 Å². The first kappa shape index (κ1) is 18.2. The minimum atomic E-state index is -0.276. The first-order valence-electron chi connectivity index (χ1n) is 7.99. The van der Waals surface area contributed by atoms with Gasteiger partial charge in [0.05, 0.1) is 12.8 Å². The van der Waals surface area contributed by atoms with Crippen LogP contribution in [0.5, 0.6) is 5.75 Å². The number of nitrogens with one attached hydrogen (secondary N) is 1. The fourth-order valence-corrected chi connectivity index (χ4v) is 3.04. The van der Waals surface area contributed by atoms with Crippen molar-refractivity contribution >= 4 is 35.4 Å². The van der Waals surface area contributed by atoms with Crippen LogP contribution in [0.2, 0.25) is 5.02 Å². The Hall–Kier alpha value is -2.58. The molecule has 2 aromatic heterocycles. The van der Waals surface area contributed by atoms with E-state index in [2.05, 4.69) is 10.4 Å². The second-order valence-corrected chi connectivity index (χ2v) is 6.28. The number of carbonyl (C=O) groups excluding carboxylic acids is 1. The number of amides is 1. The lowest BCUT2D eigenvalue weighted by Crippen LogP contribution is -2.20. The van der Waals surface area contributed by atoms with E-state index in [1.165, 1.54) is 11.8 Å². The Morgan fingerprint density at radius 2 is 2.08 bits per heavy atom. The molecule has 0 spiro atoms.